The van der Waals surface area contributed by atoms with Gasteiger partial charge in [-0.3, -0.25) is 4.79 Å². The van der Waals surface area contributed by atoms with Crippen LogP contribution in [0.15, 0.2) is 0 Å². The number of carboxylic acids is 1. The fourth-order valence-corrected chi connectivity index (χ4v) is 2.02. The quantitative estimate of drug-likeness (QED) is 0.700. The lowest BCUT2D eigenvalue weighted by atomic mass is 10.0. The molecule has 1 fully saturated rings. The van der Waals surface area contributed by atoms with Crippen LogP contribution in [-0.4, -0.2) is 23.2 Å². The van der Waals surface area contributed by atoms with Crippen LogP contribution in [0.25, 0.3) is 0 Å². The van der Waals surface area contributed by atoms with Gasteiger partial charge >= 0.3 is 5.97 Å². The van der Waals surface area contributed by atoms with Crippen LogP contribution >= 0.6 is 0 Å². The van der Waals surface area contributed by atoms with Crippen molar-refractivity contribution in [1.29, 1.82) is 0 Å². The van der Waals surface area contributed by atoms with E-state index in [4.69, 9.17) is 5.11 Å². The average molecular weight is 185 g/mol. The molecular formula is C10H19NO2. The Morgan fingerprint density at radius 2 is 2.31 bits per heavy atom. The molecule has 0 saturated heterocycles. The molecule has 0 spiro atoms. The van der Waals surface area contributed by atoms with Crippen molar-refractivity contribution in [3.63, 3.8) is 0 Å². The van der Waals surface area contributed by atoms with Crippen LogP contribution in [0.1, 0.15) is 39.5 Å². The maximum Gasteiger partial charge on any atom is 0.320 e. The molecule has 2 N–H and O–H groups in total. The van der Waals surface area contributed by atoms with Crippen molar-refractivity contribution in [3.05, 3.63) is 0 Å². The molecule has 1 rings (SSSR count). The molecule has 0 aromatic heterocycles. The van der Waals surface area contributed by atoms with Gasteiger partial charge in [0.05, 0.1) is 0 Å². The normalized spacial score (nSPS) is 30.3. The third-order valence-corrected chi connectivity index (χ3v) is 2.98. The summed E-state index contributed by atoms with van der Waals surface area (Å²) in [4.78, 5) is 10.8. The minimum atomic E-state index is -0.721. The fourth-order valence-electron chi connectivity index (χ4n) is 2.02. The molecule has 76 valence electrons. The van der Waals surface area contributed by atoms with Crippen molar-refractivity contribution in [2.45, 2.75) is 51.6 Å². The minimum Gasteiger partial charge on any atom is -0.480 e. The molecule has 3 nitrogen and oxygen atoms in total. The van der Waals surface area contributed by atoms with Crippen molar-refractivity contribution in [2.24, 2.45) is 5.92 Å². The molecule has 0 aromatic rings. The second kappa shape index (κ2) is 4.61. The number of carbonyl (C=O) groups is 1. The van der Waals surface area contributed by atoms with Crippen molar-refractivity contribution in [2.75, 3.05) is 0 Å². The Kier molecular flexibility index (Phi) is 3.72. The van der Waals surface area contributed by atoms with E-state index < -0.39 is 5.97 Å². The summed E-state index contributed by atoms with van der Waals surface area (Å²) >= 11 is 0. The van der Waals surface area contributed by atoms with E-state index in [2.05, 4.69) is 12.2 Å². The number of aliphatic carboxylic acids is 1. The Bertz CT molecular complexity index is 182. The molecule has 0 aliphatic heterocycles. The standard InChI is InChI=1S/C10H19NO2/c1-3-8(10(12)13)11-9-6-4-5-7(9)2/h7-9,11H,3-6H2,1-2H3,(H,12,13). The zero-order chi connectivity index (χ0) is 9.84. The van der Waals surface area contributed by atoms with Crippen molar-refractivity contribution < 1.29 is 9.90 Å². The Hall–Kier alpha value is -0.570. The molecule has 1 aliphatic rings. The molecule has 13 heavy (non-hydrogen) atoms. The highest BCUT2D eigenvalue weighted by Gasteiger charge is 2.27. The first-order valence-corrected chi connectivity index (χ1v) is 5.14. The van der Waals surface area contributed by atoms with E-state index in [-0.39, 0.29) is 6.04 Å². The van der Waals surface area contributed by atoms with E-state index >= 15 is 0 Å². The smallest absolute Gasteiger partial charge is 0.320 e. The fraction of sp³-hybridized carbons (Fsp3) is 0.900. The third-order valence-electron chi connectivity index (χ3n) is 2.98. The lowest BCUT2D eigenvalue weighted by Crippen LogP contribution is -2.44. The monoisotopic (exact) mass is 185 g/mol. The second-order valence-electron chi connectivity index (χ2n) is 3.98. The predicted octanol–water partition coefficient (Wildman–Crippen LogP) is 1.63. The molecule has 3 heteroatoms. The maximum absolute atomic E-state index is 10.8. The van der Waals surface area contributed by atoms with Crippen LogP contribution in [0.2, 0.25) is 0 Å². The van der Waals surface area contributed by atoms with Crippen LogP contribution in [0.4, 0.5) is 0 Å². The largest absolute Gasteiger partial charge is 0.480 e. The molecule has 3 atom stereocenters. The summed E-state index contributed by atoms with van der Waals surface area (Å²) in [7, 11) is 0. The van der Waals surface area contributed by atoms with Gasteiger partial charge in [-0.25, -0.2) is 0 Å². The van der Waals surface area contributed by atoms with E-state index in [0.29, 0.717) is 18.4 Å². The van der Waals surface area contributed by atoms with Crippen molar-refractivity contribution >= 4 is 5.97 Å². The molecular weight excluding hydrogens is 166 g/mol. The van der Waals surface area contributed by atoms with Crippen LogP contribution in [0.5, 0.6) is 0 Å². The number of nitrogens with one attached hydrogen (secondary N) is 1. The molecule has 3 unspecified atom stereocenters. The Balaban J connectivity index is 2.41. The minimum absolute atomic E-state index is 0.356. The highest BCUT2D eigenvalue weighted by atomic mass is 16.4. The van der Waals surface area contributed by atoms with Crippen LogP contribution in [0.3, 0.4) is 0 Å². The first kappa shape index (κ1) is 10.5. The lowest BCUT2D eigenvalue weighted by molar-refractivity contribution is -0.139. The van der Waals surface area contributed by atoms with Gasteiger partial charge in [-0.1, -0.05) is 20.3 Å². The van der Waals surface area contributed by atoms with Gasteiger partial charge in [0.15, 0.2) is 0 Å². The third kappa shape index (κ3) is 2.69. The summed E-state index contributed by atoms with van der Waals surface area (Å²) in [6.45, 7) is 4.10. The van der Waals surface area contributed by atoms with Gasteiger partial charge in [0.25, 0.3) is 0 Å². The van der Waals surface area contributed by atoms with Gasteiger partial charge in [0.1, 0.15) is 6.04 Å². The zero-order valence-electron chi connectivity index (χ0n) is 8.42. The number of carboxylic acid groups (broad SMARTS) is 1. The first-order chi connectivity index (χ1) is 6.15. The average Bonchev–Trinajstić information content (AvgIpc) is 2.46. The molecule has 0 bridgehead atoms. The number of rotatable bonds is 4. The summed E-state index contributed by atoms with van der Waals surface area (Å²) in [6.07, 6.45) is 4.26. The Morgan fingerprint density at radius 1 is 1.62 bits per heavy atom. The van der Waals surface area contributed by atoms with E-state index in [0.717, 1.165) is 6.42 Å². The molecule has 0 radical (unpaired) electrons. The second-order valence-corrected chi connectivity index (χ2v) is 3.98. The topological polar surface area (TPSA) is 49.3 Å². The SMILES string of the molecule is CCC(NC1CCCC1C)C(=O)O. The summed E-state index contributed by atoms with van der Waals surface area (Å²) in [6, 6.07) is 0.0617. The van der Waals surface area contributed by atoms with Crippen LogP contribution < -0.4 is 5.32 Å². The number of hydrogen-bond donors (Lipinski definition) is 2. The summed E-state index contributed by atoms with van der Waals surface area (Å²) < 4.78 is 0. The highest BCUT2D eigenvalue weighted by Crippen LogP contribution is 2.25. The highest BCUT2D eigenvalue weighted by molar-refractivity contribution is 5.73. The van der Waals surface area contributed by atoms with Gasteiger partial charge in [0, 0.05) is 6.04 Å². The Labute approximate surface area is 79.5 Å². The van der Waals surface area contributed by atoms with E-state index in [1.54, 1.807) is 0 Å². The van der Waals surface area contributed by atoms with Crippen molar-refractivity contribution in [1.82, 2.24) is 5.32 Å². The summed E-state index contributed by atoms with van der Waals surface area (Å²) in [5.41, 5.74) is 0. The summed E-state index contributed by atoms with van der Waals surface area (Å²) in [5.74, 6) is -0.0880. The maximum atomic E-state index is 10.8. The van der Waals surface area contributed by atoms with Gasteiger partial charge < -0.3 is 10.4 Å². The van der Waals surface area contributed by atoms with Gasteiger partial charge in [-0.2, -0.15) is 0 Å². The predicted molar refractivity (Wildman–Crippen MR) is 51.7 cm³/mol. The molecule has 1 aliphatic carbocycles. The zero-order valence-corrected chi connectivity index (χ0v) is 8.42. The summed E-state index contributed by atoms with van der Waals surface area (Å²) in [5, 5.41) is 12.1. The molecule has 1 saturated carbocycles. The first-order valence-electron chi connectivity index (χ1n) is 5.14. The lowest BCUT2D eigenvalue weighted by Gasteiger charge is -2.21. The molecule has 0 aromatic carbocycles. The van der Waals surface area contributed by atoms with E-state index in [1.807, 2.05) is 6.92 Å². The van der Waals surface area contributed by atoms with E-state index in [9.17, 15) is 4.79 Å². The van der Waals surface area contributed by atoms with Gasteiger partial charge in [-0.05, 0) is 25.2 Å². The molecule has 0 amide bonds. The Morgan fingerprint density at radius 3 is 2.69 bits per heavy atom. The molecule has 0 heterocycles. The van der Waals surface area contributed by atoms with Crippen LogP contribution in [-0.2, 0) is 4.79 Å². The van der Waals surface area contributed by atoms with Gasteiger partial charge in [-0.15, -0.1) is 0 Å². The van der Waals surface area contributed by atoms with Gasteiger partial charge in [0.2, 0.25) is 0 Å². The number of hydrogen-bond acceptors (Lipinski definition) is 2. The van der Waals surface area contributed by atoms with E-state index in [1.165, 1.54) is 12.8 Å². The van der Waals surface area contributed by atoms with Crippen molar-refractivity contribution in [3.8, 4) is 0 Å². The van der Waals surface area contributed by atoms with Crippen LogP contribution in [0, 0.1) is 5.92 Å².